The van der Waals surface area contributed by atoms with Crippen LogP contribution in [0.5, 0.6) is 0 Å². The largest absolute Gasteiger partial charge is 0.368 e. The molecule has 1 aliphatic rings. The fourth-order valence-electron chi connectivity index (χ4n) is 4.66. The van der Waals surface area contributed by atoms with Crippen molar-refractivity contribution in [2.24, 2.45) is 0 Å². The molecule has 2 aromatic heterocycles. The number of anilines is 2. The van der Waals surface area contributed by atoms with Crippen LogP contribution >= 0.6 is 11.3 Å². The Morgan fingerprint density at radius 1 is 1.19 bits per heavy atom. The fraction of sp³-hybridized carbons (Fsp3) is 0.280. The first-order valence-corrected chi connectivity index (χ1v) is 13.9. The SMILES string of the molecule is C[C@H]1CN(c2ccc(S(=O)(=O)Nc3nccs3)cc2)CCN1C(=O)[C@H](C)n1ccc2cccc(F)c21.[HH].[HH].[HH]. The number of benzene rings is 2. The van der Waals surface area contributed by atoms with Crippen molar-refractivity contribution in [3.8, 4) is 0 Å². The number of carbonyl (C=O) groups excluding carboxylic acids is 1. The number of sulfonamides is 1. The molecule has 0 radical (unpaired) electrons. The highest BCUT2D eigenvalue weighted by molar-refractivity contribution is 7.93. The molecular formula is C25H32FN5O3S2. The summed E-state index contributed by atoms with van der Waals surface area (Å²) in [6.45, 7) is 5.50. The third kappa shape index (κ3) is 4.56. The van der Waals surface area contributed by atoms with Crippen molar-refractivity contribution in [3.63, 3.8) is 0 Å². The van der Waals surface area contributed by atoms with Crippen LogP contribution < -0.4 is 9.62 Å². The molecule has 2 aromatic carbocycles. The van der Waals surface area contributed by atoms with Crippen molar-refractivity contribution in [2.75, 3.05) is 29.3 Å². The zero-order valence-corrected chi connectivity index (χ0v) is 21.5. The predicted octanol–water partition coefficient (Wildman–Crippen LogP) is 5.07. The maximum atomic E-state index is 14.5. The number of thiazole rings is 1. The van der Waals surface area contributed by atoms with E-state index in [0.29, 0.717) is 30.3 Å². The molecule has 1 saturated heterocycles. The summed E-state index contributed by atoms with van der Waals surface area (Å²) in [5.41, 5.74) is 1.32. The Morgan fingerprint density at radius 3 is 2.67 bits per heavy atom. The van der Waals surface area contributed by atoms with E-state index in [4.69, 9.17) is 0 Å². The van der Waals surface area contributed by atoms with Crippen LogP contribution in [0.3, 0.4) is 0 Å². The molecule has 0 spiro atoms. The lowest BCUT2D eigenvalue weighted by Crippen LogP contribution is -2.55. The van der Waals surface area contributed by atoms with Crippen LogP contribution in [0.2, 0.25) is 0 Å². The normalized spacial score (nSPS) is 17.4. The third-order valence-electron chi connectivity index (χ3n) is 6.54. The lowest BCUT2D eigenvalue weighted by atomic mass is 10.1. The molecule has 2 atom stereocenters. The fourth-order valence-corrected chi connectivity index (χ4v) is 6.45. The van der Waals surface area contributed by atoms with Crippen molar-refractivity contribution in [2.45, 2.75) is 30.8 Å². The molecule has 0 aliphatic carbocycles. The monoisotopic (exact) mass is 533 g/mol. The van der Waals surface area contributed by atoms with Gasteiger partial charge in [0.1, 0.15) is 11.9 Å². The van der Waals surface area contributed by atoms with E-state index < -0.39 is 16.1 Å². The maximum Gasteiger partial charge on any atom is 0.263 e. The van der Waals surface area contributed by atoms with Crippen LogP contribution in [0.1, 0.15) is 24.2 Å². The molecule has 1 N–H and O–H groups in total. The molecule has 3 heterocycles. The quantitative estimate of drug-likeness (QED) is 0.374. The summed E-state index contributed by atoms with van der Waals surface area (Å²) in [5, 5.41) is 2.78. The summed E-state index contributed by atoms with van der Waals surface area (Å²) in [7, 11) is -3.71. The molecule has 1 fully saturated rings. The Labute approximate surface area is 217 Å². The summed E-state index contributed by atoms with van der Waals surface area (Å²) in [6, 6.07) is 12.8. The first kappa shape index (κ1) is 24.3. The Kier molecular flexibility index (Phi) is 6.44. The van der Waals surface area contributed by atoms with Gasteiger partial charge in [-0.2, -0.15) is 0 Å². The summed E-state index contributed by atoms with van der Waals surface area (Å²) >= 11 is 1.21. The zero-order valence-electron chi connectivity index (χ0n) is 19.8. The van der Waals surface area contributed by atoms with Crippen molar-refractivity contribution in [1.29, 1.82) is 0 Å². The van der Waals surface area contributed by atoms with E-state index in [2.05, 4.69) is 14.6 Å². The van der Waals surface area contributed by atoms with Gasteiger partial charge in [0, 0.05) is 58.8 Å². The van der Waals surface area contributed by atoms with Gasteiger partial charge in [0.05, 0.1) is 10.4 Å². The molecule has 5 rings (SSSR count). The summed E-state index contributed by atoms with van der Waals surface area (Å²) in [5.74, 6) is -0.403. The molecule has 0 unspecified atom stereocenters. The van der Waals surface area contributed by atoms with E-state index in [1.807, 2.05) is 24.0 Å². The number of piperazine rings is 1. The number of amides is 1. The standard InChI is InChI=1S/C25H26FN5O3S2.3H2/c1-17-16-29(20-6-8-21(9-7-20)36(33,34)28-25-27-11-15-35-25)13-14-30(17)24(32)18(2)31-12-10-19-4-3-5-22(26)23(19)31;;;/h3-12,15,17-18H,13-14,16H2,1-2H3,(H,27,28);3*1H/t17-,18-;;;/m0.../s1. The average molecular weight is 534 g/mol. The van der Waals surface area contributed by atoms with Gasteiger partial charge < -0.3 is 14.4 Å². The van der Waals surface area contributed by atoms with Gasteiger partial charge in [-0.25, -0.2) is 17.8 Å². The van der Waals surface area contributed by atoms with Crippen LogP contribution in [-0.2, 0) is 14.8 Å². The molecular weight excluding hydrogens is 501 g/mol. The first-order chi connectivity index (χ1) is 17.2. The topological polar surface area (TPSA) is 87.5 Å². The van der Waals surface area contributed by atoms with E-state index in [1.165, 1.54) is 23.6 Å². The number of aromatic nitrogens is 2. The zero-order chi connectivity index (χ0) is 25.4. The molecule has 194 valence electrons. The second-order valence-corrected chi connectivity index (χ2v) is 11.4. The predicted molar refractivity (Wildman–Crippen MR) is 146 cm³/mol. The van der Waals surface area contributed by atoms with Crippen molar-refractivity contribution >= 4 is 49.0 Å². The number of carbonyl (C=O) groups is 1. The number of hydrogen-bond donors (Lipinski definition) is 1. The highest BCUT2D eigenvalue weighted by Gasteiger charge is 2.31. The number of fused-ring (bicyclic) bond motifs is 1. The number of hydrogen-bond acceptors (Lipinski definition) is 6. The lowest BCUT2D eigenvalue weighted by molar-refractivity contribution is -0.136. The van der Waals surface area contributed by atoms with Gasteiger partial charge in [-0.1, -0.05) is 12.1 Å². The van der Waals surface area contributed by atoms with Crippen LogP contribution in [0.15, 0.2) is 71.2 Å². The van der Waals surface area contributed by atoms with E-state index in [0.717, 1.165) is 11.1 Å². The number of nitrogens with one attached hydrogen (secondary N) is 1. The summed E-state index contributed by atoms with van der Waals surface area (Å²) in [6.07, 6.45) is 3.30. The smallest absolute Gasteiger partial charge is 0.263 e. The molecule has 36 heavy (non-hydrogen) atoms. The Morgan fingerprint density at radius 2 is 1.97 bits per heavy atom. The minimum absolute atomic E-state index is 0. The molecule has 1 aliphatic heterocycles. The summed E-state index contributed by atoms with van der Waals surface area (Å²) < 4.78 is 43.8. The number of nitrogens with zero attached hydrogens (tertiary/aromatic N) is 4. The van der Waals surface area contributed by atoms with Crippen LogP contribution in [-0.4, -0.2) is 54.5 Å². The van der Waals surface area contributed by atoms with Crippen LogP contribution in [0, 0.1) is 5.82 Å². The van der Waals surface area contributed by atoms with Gasteiger partial charge in [-0.05, 0) is 50.2 Å². The molecule has 1 amide bonds. The highest BCUT2D eigenvalue weighted by Crippen LogP contribution is 2.27. The molecule has 11 heteroatoms. The number of rotatable bonds is 6. The molecule has 4 aromatic rings. The van der Waals surface area contributed by atoms with Gasteiger partial charge in [0.25, 0.3) is 10.0 Å². The van der Waals surface area contributed by atoms with E-state index in [1.54, 1.807) is 53.4 Å². The Balaban J connectivity index is 0.00000178. The summed E-state index contributed by atoms with van der Waals surface area (Å²) in [4.78, 5) is 21.5. The van der Waals surface area contributed by atoms with Crippen molar-refractivity contribution in [1.82, 2.24) is 14.5 Å². The van der Waals surface area contributed by atoms with Gasteiger partial charge >= 0.3 is 0 Å². The van der Waals surface area contributed by atoms with Crippen molar-refractivity contribution in [3.05, 3.63) is 72.1 Å². The van der Waals surface area contributed by atoms with Gasteiger partial charge in [-0.3, -0.25) is 9.52 Å². The second kappa shape index (κ2) is 9.55. The van der Waals surface area contributed by atoms with E-state index >= 15 is 0 Å². The number of para-hydroxylation sites is 1. The van der Waals surface area contributed by atoms with E-state index in [-0.39, 0.29) is 26.9 Å². The van der Waals surface area contributed by atoms with Crippen molar-refractivity contribution < 1.29 is 21.9 Å². The molecule has 0 bridgehead atoms. The maximum absolute atomic E-state index is 14.5. The average Bonchev–Trinajstić information content (AvgIpc) is 3.53. The number of halogens is 1. The Hall–Kier alpha value is -3.44. The minimum Gasteiger partial charge on any atom is -0.368 e. The third-order valence-corrected chi connectivity index (χ3v) is 8.71. The minimum atomic E-state index is -3.71. The van der Waals surface area contributed by atoms with Crippen LogP contribution in [0.25, 0.3) is 10.9 Å². The molecule has 8 nitrogen and oxygen atoms in total. The van der Waals surface area contributed by atoms with Gasteiger partial charge in [0.15, 0.2) is 5.13 Å². The van der Waals surface area contributed by atoms with Crippen LogP contribution in [0.4, 0.5) is 15.2 Å². The second-order valence-electron chi connectivity index (χ2n) is 8.84. The van der Waals surface area contributed by atoms with Gasteiger partial charge in [0.2, 0.25) is 5.91 Å². The van der Waals surface area contributed by atoms with E-state index in [9.17, 15) is 17.6 Å². The van der Waals surface area contributed by atoms with Gasteiger partial charge in [-0.15, -0.1) is 11.3 Å². The first-order valence-electron chi connectivity index (χ1n) is 11.6. The molecule has 0 saturated carbocycles. The highest BCUT2D eigenvalue weighted by atomic mass is 32.2. The Bertz CT molecular complexity index is 1500. The lowest BCUT2D eigenvalue weighted by Gasteiger charge is -2.42.